The number of benzene rings is 1. The van der Waals surface area contributed by atoms with Gasteiger partial charge in [0, 0.05) is 4.88 Å². The van der Waals surface area contributed by atoms with E-state index < -0.39 is 0 Å². The molecule has 1 aromatic heterocycles. The van der Waals surface area contributed by atoms with E-state index in [0.29, 0.717) is 0 Å². The van der Waals surface area contributed by atoms with Gasteiger partial charge in [0.05, 0.1) is 6.04 Å². The monoisotopic (exact) mass is 236 g/mol. The summed E-state index contributed by atoms with van der Waals surface area (Å²) in [7, 11) is 0. The van der Waals surface area contributed by atoms with Crippen LogP contribution in [0.3, 0.4) is 0 Å². The van der Waals surface area contributed by atoms with E-state index in [0.717, 1.165) is 11.1 Å². The molecule has 2 nitrogen and oxygen atoms in total. The maximum Gasteiger partial charge on any atom is 0.123 e. The molecule has 4 heteroatoms. The van der Waals surface area contributed by atoms with Gasteiger partial charge in [-0.2, -0.15) is 0 Å². The van der Waals surface area contributed by atoms with Crippen molar-refractivity contribution < 1.29 is 4.39 Å². The molecule has 1 unspecified atom stereocenters. The van der Waals surface area contributed by atoms with Crippen molar-refractivity contribution in [2.75, 3.05) is 0 Å². The van der Waals surface area contributed by atoms with Gasteiger partial charge in [0.25, 0.3) is 0 Å². The number of nitrogens with one attached hydrogen (secondary N) is 1. The van der Waals surface area contributed by atoms with Crippen molar-refractivity contribution in [3.63, 3.8) is 0 Å². The molecule has 1 aromatic carbocycles. The molecule has 0 aliphatic heterocycles. The van der Waals surface area contributed by atoms with Crippen LogP contribution >= 0.6 is 11.3 Å². The second-order valence-electron chi connectivity index (χ2n) is 3.59. The first-order valence-electron chi connectivity index (χ1n) is 4.98. The molecule has 3 N–H and O–H groups in total. The fraction of sp³-hybridized carbons (Fsp3) is 0.167. The lowest BCUT2D eigenvalue weighted by atomic mass is 10.0. The van der Waals surface area contributed by atoms with E-state index in [1.54, 1.807) is 17.4 Å². The molecule has 0 saturated carbocycles. The van der Waals surface area contributed by atoms with Gasteiger partial charge in [-0.15, -0.1) is 11.3 Å². The van der Waals surface area contributed by atoms with E-state index in [1.165, 1.54) is 17.0 Å². The molecular weight excluding hydrogens is 223 g/mol. The fourth-order valence-electron chi connectivity index (χ4n) is 1.75. The molecule has 0 amide bonds. The zero-order valence-electron chi connectivity index (χ0n) is 8.91. The first kappa shape index (κ1) is 11.3. The molecule has 0 spiro atoms. The SMILES string of the molecule is Cc1sccc1C(NN)c1cccc(F)c1. The Morgan fingerprint density at radius 3 is 2.75 bits per heavy atom. The summed E-state index contributed by atoms with van der Waals surface area (Å²) < 4.78 is 13.1. The molecule has 0 aliphatic rings. The average molecular weight is 236 g/mol. The summed E-state index contributed by atoms with van der Waals surface area (Å²) in [6.07, 6.45) is 0. The predicted molar refractivity (Wildman–Crippen MR) is 64.6 cm³/mol. The van der Waals surface area contributed by atoms with E-state index in [-0.39, 0.29) is 11.9 Å². The van der Waals surface area contributed by atoms with Crippen molar-refractivity contribution in [3.05, 3.63) is 57.5 Å². The van der Waals surface area contributed by atoms with Crippen molar-refractivity contribution in [1.82, 2.24) is 5.43 Å². The van der Waals surface area contributed by atoms with Crippen LogP contribution in [0, 0.1) is 12.7 Å². The van der Waals surface area contributed by atoms with Gasteiger partial charge in [-0.3, -0.25) is 5.84 Å². The topological polar surface area (TPSA) is 38.0 Å². The van der Waals surface area contributed by atoms with Crippen LogP contribution in [0.2, 0.25) is 0 Å². The highest BCUT2D eigenvalue weighted by atomic mass is 32.1. The van der Waals surface area contributed by atoms with Gasteiger partial charge in [0.15, 0.2) is 0 Å². The van der Waals surface area contributed by atoms with Crippen molar-refractivity contribution in [2.45, 2.75) is 13.0 Å². The zero-order valence-corrected chi connectivity index (χ0v) is 9.72. The standard InChI is InChI=1S/C12H13FN2S/c1-8-11(5-6-16-8)12(15-14)9-3-2-4-10(13)7-9/h2-7,12,15H,14H2,1H3. The van der Waals surface area contributed by atoms with Crippen molar-refractivity contribution in [1.29, 1.82) is 0 Å². The molecule has 84 valence electrons. The fourth-order valence-corrected chi connectivity index (χ4v) is 2.49. The first-order valence-corrected chi connectivity index (χ1v) is 5.86. The maximum absolute atomic E-state index is 13.1. The van der Waals surface area contributed by atoms with Crippen LogP contribution in [0.5, 0.6) is 0 Å². The minimum absolute atomic E-state index is 0.151. The van der Waals surface area contributed by atoms with Crippen LogP contribution in [-0.2, 0) is 0 Å². The lowest BCUT2D eigenvalue weighted by Gasteiger charge is -2.16. The maximum atomic E-state index is 13.1. The predicted octanol–water partition coefficient (Wildman–Crippen LogP) is 2.75. The van der Waals surface area contributed by atoms with Crippen LogP contribution in [0.25, 0.3) is 0 Å². The Kier molecular flexibility index (Phi) is 3.33. The van der Waals surface area contributed by atoms with Gasteiger partial charge >= 0.3 is 0 Å². The Labute approximate surface area is 97.9 Å². The van der Waals surface area contributed by atoms with Crippen LogP contribution in [0.1, 0.15) is 22.0 Å². The quantitative estimate of drug-likeness (QED) is 0.635. The van der Waals surface area contributed by atoms with E-state index in [4.69, 9.17) is 5.84 Å². The number of rotatable bonds is 3. The largest absolute Gasteiger partial charge is 0.271 e. The van der Waals surface area contributed by atoms with Gasteiger partial charge in [-0.05, 0) is 41.6 Å². The molecule has 2 aromatic rings. The summed E-state index contributed by atoms with van der Waals surface area (Å²) >= 11 is 1.66. The van der Waals surface area contributed by atoms with Crippen molar-refractivity contribution in [2.24, 2.45) is 5.84 Å². The molecule has 0 saturated heterocycles. The van der Waals surface area contributed by atoms with Crippen LogP contribution in [0.15, 0.2) is 35.7 Å². The summed E-state index contributed by atoms with van der Waals surface area (Å²) in [6.45, 7) is 2.03. The van der Waals surface area contributed by atoms with Gasteiger partial charge < -0.3 is 0 Å². The first-order chi connectivity index (χ1) is 7.72. The van der Waals surface area contributed by atoms with Crippen LogP contribution in [0.4, 0.5) is 4.39 Å². The third kappa shape index (κ3) is 2.14. The van der Waals surface area contributed by atoms with Gasteiger partial charge in [-0.25, -0.2) is 9.82 Å². The van der Waals surface area contributed by atoms with Gasteiger partial charge in [0.1, 0.15) is 5.82 Å². The minimum Gasteiger partial charge on any atom is -0.271 e. The highest BCUT2D eigenvalue weighted by Gasteiger charge is 2.15. The summed E-state index contributed by atoms with van der Waals surface area (Å²) in [6, 6.07) is 8.35. The lowest BCUT2D eigenvalue weighted by molar-refractivity contribution is 0.605. The normalized spacial score (nSPS) is 12.7. The highest BCUT2D eigenvalue weighted by molar-refractivity contribution is 7.10. The van der Waals surface area contributed by atoms with E-state index in [2.05, 4.69) is 5.43 Å². The molecule has 0 aliphatic carbocycles. The number of hydrogen-bond donors (Lipinski definition) is 2. The Balaban J connectivity index is 2.40. The van der Waals surface area contributed by atoms with Crippen LogP contribution in [-0.4, -0.2) is 0 Å². The summed E-state index contributed by atoms with van der Waals surface area (Å²) in [4.78, 5) is 1.19. The zero-order chi connectivity index (χ0) is 11.5. The number of nitrogens with two attached hydrogens (primary N) is 1. The highest BCUT2D eigenvalue weighted by Crippen LogP contribution is 2.27. The Hall–Kier alpha value is -1.23. The molecule has 0 bridgehead atoms. The second kappa shape index (κ2) is 4.74. The molecule has 0 fully saturated rings. The summed E-state index contributed by atoms with van der Waals surface area (Å²) in [5.74, 6) is 5.30. The third-order valence-corrected chi connectivity index (χ3v) is 3.42. The van der Waals surface area contributed by atoms with Crippen molar-refractivity contribution >= 4 is 11.3 Å². The Bertz CT molecular complexity index is 481. The Morgan fingerprint density at radius 1 is 1.38 bits per heavy atom. The van der Waals surface area contributed by atoms with Gasteiger partial charge in [-0.1, -0.05) is 12.1 Å². The van der Waals surface area contributed by atoms with Crippen molar-refractivity contribution in [3.8, 4) is 0 Å². The van der Waals surface area contributed by atoms with Crippen LogP contribution < -0.4 is 11.3 Å². The molecular formula is C12H13FN2S. The smallest absolute Gasteiger partial charge is 0.123 e. The average Bonchev–Trinajstić information content (AvgIpc) is 2.67. The summed E-state index contributed by atoms with van der Waals surface area (Å²) in [5, 5.41) is 2.01. The Morgan fingerprint density at radius 2 is 2.19 bits per heavy atom. The number of aryl methyl sites for hydroxylation is 1. The van der Waals surface area contributed by atoms with Gasteiger partial charge in [0.2, 0.25) is 0 Å². The summed E-state index contributed by atoms with van der Waals surface area (Å²) in [5.41, 5.74) is 4.66. The molecule has 0 radical (unpaired) electrons. The number of hydrazine groups is 1. The van der Waals surface area contributed by atoms with E-state index in [1.807, 2.05) is 24.4 Å². The lowest BCUT2D eigenvalue weighted by Crippen LogP contribution is -2.29. The number of halogens is 1. The van der Waals surface area contributed by atoms with E-state index >= 15 is 0 Å². The minimum atomic E-state index is -0.245. The second-order valence-corrected chi connectivity index (χ2v) is 4.71. The third-order valence-electron chi connectivity index (χ3n) is 2.56. The number of hydrogen-bond acceptors (Lipinski definition) is 3. The molecule has 1 atom stereocenters. The molecule has 2 rings (SSSR count). The molecule has 1 heterocycles. The van der Waals surface area contributed by atoms with E-state index in [9.17, 15) is 4.39 Å². The molecule has 16 heavy (non-hydrogen) atoms. The number of thiophene rings is 1.